The zero-order valence-electron chi connectivity index (χ0n) is 10.3. The van der Waals surface area contributed by atoms with Crippen LogP contribution in [-0.4, -0.2) is 19.2 Å². The second-order valence-electron chi connectivity index (χ2n) is 4.26. The number of nitrogens with one attached hydrogen (secondary N) is 1. The number of benzene rings is 1. The number of halogens is 2. The Morgan fingerprint density at radius 1 is 1.24 bits per heavy atom. The van der Waals surface area contributed by atoms with Gasteiger partial charge in [0.1, 0.15) is 0 Å². The SMILES string of the molecule is CC(C)NCCCOCc1ccc(F)c(F)c1. The fourth-order valence-electron chi connectivity index (χ4n) is 1.38. The first-order chi connectivity index (χ1) is 8.09. The van der Waals surface area contributed by atoms with Crippen LogP contribution in [0.1, 0.15) is 25.8 Å². The minimum Gasteiger partial charge on any atom is -0.377 e. The van der Waals surface area contributed by atoms with E-state index in [9.17, 15) is 8.78 Å². The Hall–Kier alpha value is -1.00. The van der Waals surface area contributed by atoms with Gasteiger partial charge in [-0.1, -0.05) is 19.9 Å². The highest BCUT2D eigenvalue weighted by Gasteiger charge is 2.02. The Kier molecular flexibility index (Phi) is 6.08. The van der Waals surface area contributed by atoms with Gasteiger partial charge in [-0.05, 0) is 30.7 Å². The van der Waals surface area contributed by atoms with Gasteiger partial charge in [-0.2, -0.15) is 0 Å². The minimum atomic E-state index is -0.826. The molecular weight excluding hydrogens is 224 g/mol. The largest absolute Gasteiger partial charge is 0.377 e. The summed E-state index contributed by atoms with van der Waals surface area (Å²) in [6.07, 6.45) is 0.905. The molecule has 1 rings (SSSR count). The van der Waals surface area contributed by atoms with Crippen LogP contribution in [0.3, 0.4) is 0 Å². The zero-order valence-corrected chi connectivity index (χ0v) is 10.3. The zero-order chi connectivity index (χ0) is 12.7. The van der Waals surface area contributed by atoms with E-state index in [1.54, 1.807) is 0 Å². The van der Waals surface area contributed by atoms with Crippen molar-refractivity contribution in [3.63, 3.8) is 0 Å². The van der Waals surface area contributed by atoms with Crippen molar-refractivity contribution in [3.8, 4) is 0 Å². The van der Waals surface area contributed by atoms with E-state index in [0.717, 1.165) is 19.0 Å². The summed E-state index contributed by atoms with van der Waals surface area (Å²) in [5, 5.41) is 3.27. The first-order valence-corrected chi connectivity index (χ1v) is 5.84. The molecule has 4 heteroatoms. The highest BCUT2D eigenvalue weighted by molar-refractivity contribution is 5.16. The molecule has 0 saturated carbocycles. The molecule has 0 spiro atoms. The average Bonchev–Trinajstić information content (AvgIpc) is 2.27. The summed E-state index contributed by atoms with van der Waals surface area (Å²) in [5.41, 5.74) is 0.653. The molecule has 0 saturated heterocycles. The molecule has 17 heavy (non-hydrogen) atoms. The van der Waals surface area contributed by atoms with Crippen molar-refractivity contribution in [2.45, 2.75) is 32.9 Å². The predicted octanol–water partition coefficient (Wildman–Crippen LogP) is 2.87. The van der Waals surface area contributed by atoms with Crippen LogP contribution in [0.4, 0.5) is 8.78 Å². The standard InChI is InChI=1S/C13H19F2NO/c1-10(2)16-6-3-7-17-9-11-4-5-12(14)13(15)8-11/h4-5,8,10,16H,3,6-7,9H2,1-2H3. The third-order valence-corrected chi connectivity index (χ3v) is 2.27. The summed E-state index contributed by atoms with van der Waals surface area (Å²) in [4.78, 5) is 0. The topological polar surface area (TPSA) is 21.3 Å². The van der Waals surface area contributed by atoms with Crippen LogP contribution in [-0.2, 0) is 11.3 Å². The monoisotopic (exact) mass is 243 g/mol. The van der Waals surface area contributed by atoms with Gasteiger partial charge in [0.2, 0.25) is 0 Å². The van der Waals surface area contributed by atoms with E-state index < -0.39 is 11.6 Å². The van der Waals surface area contributed by atoms with Crippen LogP contribution in [0.2, 0.25) is 0 Å². The summed E-state index contributed by atoms with van der Waals surface area (Å²) in [6, 6.07) is 4.29. The van der Waals surface area contributed by atoms with Crippen molar-refractivity contribution in [3.05, 3.63) is 35.4 Å². The lowest BCUT2D eigenvalue weighted by Crippen LogP contribution is -2.24. The lowest BCUT2D eigenvalue weighted by atomic mass is 10.2. The van der Waals surface area contributed by atoms with Gasteiger partial charge in [-0.25, -0.2) is 8.78 Å². The van der Waals surface area contributed by atoms with Crippen LogP contribution < -0.4 is 5.32 Å². The Balaban J connectivity index is 2.16. The minimum absolute atomic E-state index is 0.318. The van der Waals surface area contributed by atoms with Gasteiger partial charge >= 0.3 is 0 Å². The van der Waals surface area contributed by atoms with E-state index in [-0.39, 0.29) is 0 Å². The summed E-state index contributed by atoms with van der Waals surface area (Å²) in [7, 11) is 0. The second-order valence-corrected chi connectivity index (χ2v) is 4.26. The summed E-state index contributed by atoms with van der Waals surface area (Å²) >= 11 is 0. The van der Waals surface area contributed by atoms with Gasteiger partial charge in [-0.3, -0.25) is 0 Å². The lowest BCUT2D eigenvalue weighted by Gasteiger charge is -2.08. The molecule has 0 aliphatic heterocycles. The van der Waals surface area contributed by atoms with Crippen molar-refractivity contribution in [1.82, 2.24) is 5.32 Å². The van der Waals surface area contributed by atoms with Gasteiger partial charge in [0.05, 0.1) is 6.61 Å². The van der Waals surface area contributed by atoms with Gasteiger partial charge in [0.15, 0.2) is 11.6 Å². The van der Waals surface area contributed by atoms with E-state index in [1.165, 1.54) is 12.1 Å². The smallest absolute Gasteiger partial charge is 0.159 e. The fourth-order valence-corrected chi connectivity index (χ4v) is 1.38. The van der Waals surface area contributed by atoms with Crippen LogP contribution in [0.5, 0.6) is 0 Å². The van der Waals surface area contributed by atoms with Crippen LogP contribution in [0.15, 0.2) is 18.2 Å². The Labute approximate surface area is 101 Å². The van der Waals surface area contributed by atoms with E-state index in [0.29, 0.717) is 24.8 Å². The van der Waals surface area contributed by atoms with Gasteiger partial charge in [0.25, 0.3) is 0 Å². The van der Waals surface area contributed by atoms with E-state index in [4.69, 9.17) is 4.74 Å². The first-order valence-electron chi connectivity index (χ1n) is 5.84. The van der Waals surface area contributed by atoms with Crippen LogP contribution in [0.25, 0.3) is 0 Å². The van der Waals surface area contributed by atoms with E-state index in [1.807, 2.05) is 0 Å². The van der Waals surface area contributed by atoms with Gasteiger partial charge < -0.3 is 10.1 Å². The summed E-state index contributed by atoms with van der Waals surface area (Å²) in [6.45, 7) is 6.00. The maximum atomic E-state index is 12.9. The van der Waals surface area contributed by atoms with Gasteiger partial charge in [-0.15, -0.1) is 0 Å². The molecule has 0 aliphatic rings. The van der Waals surface area contributed by atoms with Crippen molar-refractivity contribution in [1.29, 1.82) is 0 Å². The molecule has 96 valence electrons. The Morgan fingerprint density at radius 2 is 2.00 bits per heavy atom. The van der Waals surface area contributed by atoms with E-state index >= 15 is 0 Å². The van der Waals surface area contributed by atoms with Crippen molar-refractivity contribution in [2.24, 2.45) is 0 Å². The lowest BCUT2D eigenvalue weighted by molar-refractivity contribution is 0.118. The summed E-state index contributed by atoms with van der Waals surface area (Å²) in [5.74, 6) is -1.65. The van der Waals surface area contributed by atoms with Crippen molar-refractivity contribution in [2.75, 3.05) is 13.2 Å². The van der Waals surface area contributed by atoms with Crippen molar-refractivity contribution < 1.29 is 13.5 Å². The second kappa shape index (κ2) is 7.35. The van der Waals surface area contributed by atoms with Crippen molar-refractivity contribution >= 4 is 0 Å². The molecule has 2 nitrogen and oxygen atoms in total. The molecule has 1 aromatic carbocycles. The quantitative estimate of drug-likeness (QED) is 0.743. The number of hydrogen-bond acceptors (Lipinski definition) is 2. The summed E-state index contributed by atoms with van der Waals surface area (Å²) < 4.78 is 30.9. The fraction of sp³-hybridized carbons (Fsp3) is 0.538. The molecule has 0 radical (unpaired) electrons. The Bertz CT molecular complexity index is 342. The molecule has 0 fully saturated rings. The molecule has 0 aromatic heterocycles. The molecule has 1 N–H and O–H groups in total. The number of ether oxygens (including phenoxy) is 1. The number of rotatable bonds is 7. The van der Waals surface area contributed by atoms with Gasteiger partial charge in [0, 0.05) is 12.6 Å². The highest BCUT2D eigenvalue weighted by Crippen LogP contribution is 2.09. The molecule has 0 heterocycles. The molecule has 1 aromatic rings. The molecule has 0 bridgehead atoms. The average molecular weight is 243 g/mol. The third kappa shape index (κ3) is 5.75. The maximum Gasteiger partial charge on any atom is 0.159 e. The third-order valence-electron chi connectivity index (χ3n) is 2.27. The normalized spacial score (nSPS) is 11.1. The van der Waals surface area contributed by atoms with Crippen LogP contribution >= 0.6 is 0 Å². The Morgan fingerprint density at radius 3 is 2.65 bits per heavy atom. The molecule has 0 aliphatic carbocycles. The maximum absolute atomic E-state index is 12.9. The first kappa shape index (κ1) is 14.1. The number of hydrogen-bond donors (Lipinski definition) is 1. The molecule has 0 unspecified atom stereocenters. The van der Waals surface area contributed by atoms with E-state index in [2.05, 4.69) is 19.2 Å². The highest BCUT2D eigenvalue weighted by atomic mass is 19.2. The van der Waals surface area contributed by atoms with Crippen LogP contribution in [0, 0.1) is 11.6 Å². The molecular formula is C13H19F2NO. The molecule has 0 amide bonds. The molecule has 0 atom stereocenters. The predicted molar refractivity (Wildman–Crippen MR) is 63.8 cm³/mol.